The molecule has 132 valence electrons. The number of rotatable bonds is 4. The predicted molar refractivity (Wildman–Crippen MR) is 100 cm³/mol. The van der Waals surface area contributed by atoms with Crippen LogP contribution in [0.15, 0.2) is 48.5 Å². The lowest BCUT2D eigenvalue weighted by Crippen LogP contribution is -2.48. The third-order valence-corrected chi connectivity index (χ3v) is 5.15. The number of nitrogens with zero attached hydrogens (tertiary/aromatic N) is 5. The minimum atomic E-state index is -0.145. The Morgan fingerprint density at radius 2 is 2.08 bits per heavy atom. The van der Waals surface area contributed by atoms with Crippen molar-refractivity contribution in [3.8, 4) is 10.7 Å². The molecule has 26 heavy (non-hydrogen) atoms. The van der Waals surface area contributed by atoms with Crippen molar-refractivity contribution >= 4 is 23.1 Å². The van der Waals surface area contributed by atoms with Gasteiger partial charge in [-0.05, 0) is 24.3 Å². The smallest absolute Gasteiger partial charge is 0.254 e. The standard InChI is InChI=1S/C18H18N6OS/c25-18(13-9-21-17(22-10-13)15-4-2-8-26-15)23-14-3-1-7-24(12-14)16-11-19-5-6-20-16/h2,4-6,8-11,14H,1,3,7,12H2,(H,23,25). The number of piperidine rings is 1. The molecule has 3 aromatic rings. The summed E-state index contributed by atoms with van der Waals surface area (Å²) in [5, 5.41) is 5.06. The van der Waals surface area contributed by atoms with Crippen LogP contribution in [-0.4, -0.2) is 45.0 Å². The molecule has 1 amide bonds. The molecule has 1 fully saturated rings. The molecular weight excluding hydrogens is 348 g/mol. The van der Waals surface area contributed by atoms with E-state index in [-0.39, 0.29) is 11.9 Å². The van der Waals surface area contributed by atoms with Gasteiger partial charge in [-0.1, -0.05) is 6.07 Å². The summed E-state index contributed by atoms with van der Waals surface area (Å²) in [5.41, 5.74) is 0.474. The van der Waals surface area contributed by atoms with Gasteiger partial charge in [0, 0.05) is 43.9 Å². The zero-order chi connectivity index (χ0) is 17.8. The van der Waals surface area contributed by atoms with Gasteiger partial charge in [-0.2, -0.15) is 0 Å². The van der Waals surface area contributed by atoms with Crippen LogP contribution in [0.4, 0.5) is 5.82 Å². The van der Waals surface area contributed by atoms with E-state index in [9.17, 15) is 4.79 Å². The van der Waals surface area contributed by atoms with Crippen LogP contribution in [0, 0.1) is 0 Å². The van der Waals surface area contributed by atoms with Crippen molar-refractivity contribution in [3.05, 3.63) is 54.1 Å². The Bertz CT molecular complexity index is 853. The van der Waals surface area contributed by atoms with Gasteiger partial charge in [0.2, 0.25) is 0 Å². The molecule has 1 atom stereocenters. The second kappa shape index (κ2) is 7.57. The maximum absolute atomic E-state index is 12.5. The van der Waals surface area contributed by atoms with Crippen LogP contribution in [0.1, 0.15) is 23.2 Å². The van der Waals surface area contributed by atoms with Gasteiger partial charge >= 0.3 is 0 Å². The highest BCUT2D eigenvalue weighted by Gasteiger charge is 2.23. The molecule has 0 radical (unpaired) electrons. The number of carbonyl (C=O) groups excluding carboxylic acids is 1. The van der Waals surface area contributed by atoms with Crippen molar-refractivity contribution in [3.63, 3.8) is 0 Å². The summed E-state index contributed by atoms with van der Waals surface area (Å²) < 4.78 is 0. The van der Waals surface area contributed by atoms with Crippen LogP contribution in [0.2, 0.25) is 0 Å². The highest BCUT2D eigenvalue weighted by atomic mass is 32.1. The van der Waals surface area contributed by atoms with Crippen LogP contribution in [0.5, 0.6) is 0 Å². The highest BCUT2D eigenvalue weighted by Crippen LogP contribution is 2.20. The van der Waals surface area contributed by atoms with Gasteiger partial charge in [0.25, 0.3) is 5.91 Å². The number of carbonyl (C=O) groups is 1. The second-order valence-electron chi connectivity index (χ2n) is 6.09. The van der Waals surface area contributed by atoms with Crippen LogP contribution in [-0.2, 0) is 0 Å². The first-order valence-corrected chi connectivity index (χ1v) is 9.35. The fraction of sp³-hybridized carbons (Fsp3) is 0.278. The zero-order valence-corrected chi connectivity index (χ0v) is 14.9. The van der Waals surface area contributed by atoms with Crippen molar-refractivity contribution in [2.75, 3.05) is 18.0 Å². The summed E-state index contributed by atoms with van der Waals surface area (Å²) in [6.45, 7) is 1.64. The number of aromatic nitrogens is 4. The van der Waals surface area contributed by atoms with Gasteiger partial charge in [-0.3, -0.25) is 9.78 Å². The van der Waals surface area contributed by atoms with Crippen molar-refractivity contribution in [2.45, 2.75) is 18.9 Å². The van der Waals surface area contributed by atoms with Gasteiger partial charge in [0.05, 0.1) is 16.6 Å². The van der Waals surface area contributed by atoms with Crippen LogP contribution in [0.3, 0.4) is 0 Å². The van der Waals surface area contributed by atoms with E-state index in [4.69, 9.17) is 0 Å². The monoisotopic (exact) mass is 366 g/mol. The average Bonchev–Trinajstić information content (AvgIpc) is 3.24. The van der Waals surface area contributed by atoms with Crippen LogP contribution >= 0.6 is 11.3 Å². The second-order valence-corrected chi connectivity index (χ2v) is 7.04. The third-order valence-electron chi connectivity index (χ3n) is 4.29. The molecule has 1 aliphatic rings. The molecule has 1 aliphatic heterocycles. The Balaban J connectivity index is 1.39. The topological polar surface area (TPSA) is 83.9 Å². The Kier molecular flexibility index (Phi) is 4.83. The minimum absolute atomic E-state index is 0.0650. The first-order chi connectivity index (χ1) is 12.8. The van der Waals surface area contributed by atoms with Gasteiger partial charge in [0.15, 0.2) is 5.82 Å². The molecule has 3 aromatic heterocycles. The number of nitrogens with one attached hydrogen (secondary N) is 1. The van der Waals surface area contributed by atoms with Gasteiger partial charge in [-0.25, -0.2) is 15.0 Å². The lowest BCUT2D eigenvalue weighted by Gasteiger charge is -2.33. The Morgan fingerprint density at radius 3 is 2.81 bits per heavy atom. The van der Waals surface area contributed by atoms with E-state index >= 15 is 0 Å². The minimum Gasteiger partial charge on any atom is -0.353 e. The van der Waals surface area contributed by atoms with Crippen molar-refractivity contribution in [2.24, 2.45) is 0 Å². The quantitative estimate of drug-likeness (QED) is 0.763. The van der Waals surface area contributed by atoms with E-state index < -0.39 is 0 Å². The molecule has 1 saturated heterocycles. The lowest BCUT2D eigenvalue weighted by atomic mass is 10.1. The summed E-state index contributed by atoms with van der Waals surface area (Å²) in [7, 11) is 0. The van der Waals surface area contributed by atoms with Crippen LogP contribution in [0.25, 0.3) is 10.7 Å². The third kappa shape index (κ3) is 3.70. The number of hydrogen-bond acceptors (Lipinski definition) is 7. The van der Waals surface area contributed by atoms with Gasteiger partial charge in [0.1, 0.15) is 5.82 Å². The van der Waals surface area contributed by atoms with Crippen molar-refractivity contribution in [1.29, 1.82) is 0 Å². The molecule has 1 N–H and O–H groups in total. The fourth-order valence-electron chi connectivity index (χ4n) is 3.00. The Labute approximate surface area is 155 Å². The van der Waals surface area contributed by atoms with E-state index in [1.165, 1.54) is 0 Å². The number of thiophene rings is 1. The summed E-state index contributed by atoms with van der Waals surface area (Å²) in [5.74, 6) is 1.34. The van der Waals surface area contributed by atoms with E-state index in [1.807, 2.05) is 17.5 Å². The molecule has 4 rings (SSSR count). The van der Waals surface area contributed by atoms with Crippen molar-refractivity contribution in [1.82, 2.24) is 25.3 Å². The molecule has 4 heterocycles. The van der Waals surface area contributed by atoms with Gasteiger partial charge < -0.3 is 10.2 Å². The first kappa shape index (κ1) is 16.6. The molecule has 0 aliphatic carbocycles. The molecule has 1 unspecified atom stereocenters. The van der Waals surface area contributed by atoms with E-state index in [0.717, 1.165) is 36.6 Å². The summed E-state index contributed by atoms with van der Waals surface area (Å²) >= 11 is 1.57. The lowest BCUT2D eigenvalue weighted by molar-refractivity contribution is 0.0932. The van der Waals surface area contributed by atoms with Gasteiger partial charge in [-0.15, -0.1) is 11.3 Å². The Morgan fingerprint density at radius 1 is 1.19 bits per heavy atom. The summed E-state index contributed by atoms with van der Waals surface area (Å²) in [4.78, 5) is 32.7. The molecule has 0 bridgehead atoms. The number of amides is 1. The Hall–Kier alpha value is -2.87. The predicted octanol–water partition coefficient (Wildman–Crippen LogP) is 2.39. The summed E-state index contributed by atoms with van der Waals surface area (Å²) in [6, 6.07) is 3.98. The summed E-state index contributed by atoms with van der Waals surface area (Å²) in [6.07, 6.45) is 10.2. The fourth-order valence-corrected chi connectivity index (χ4v) is 3.68. The molecule has 0 aromatic carbocycles. The average molecular weight is 366 g/mol. The molecular formula is C18H18N6OS. The van der Waals surface area contributed by atoms with Crippen LogP contribution < -0.4 is 10.2 Å². The normalized spacial score (nSPS) is 17.1. The van der Waals surface area contributed by atoms with E-state index in [0.29, 0.717) is 11.4 Å². The SMILES string of the molecule is O=C(NC1CCCN(c2cnccn2)C1)c1cnc(-c2cccs2)nc1. The maximum Gasteiger partial charge on any atom is 0.254 e. The van der Waals surface area contributed by atoms with Crippen molar-refractivity contribution < 1.29 is 4.79 Å². The van der Waals surface area contributed by atoms with E-state index in [2.05, 4.69) is 30.2 Å². The number of hydrogen-bond donors (Lipinski definition) is 1. The molecule has 0 saturated carbocycles. The zero-order valence-electron chi connectivity index (χ0n) is 14.1. The molecule has 8 heteroatoms. The molecule has 0 spiro atoms. The van der Waals surface area contributed by atoms with E-state index in [1.54, 1.807) is 42.3 Å². The number of anilines is 1. The highest BCUT2D eigenvalue weighted by molar-refractivity contribution is 7.13. The molecule has 7 nitrogen and oxygen atoms in total. The first-order valence-electron chi connectivity index (χ1n) is 8.47. The maximum atomic E-state index is 12.5. The largest absolute Gasteiger partial charge is 0.353 e.